The zero-order valence-electron chi connectivity index (χ0n) is 19.6. The van der Waals surface area contributed by atoms with E-state index in [1.54, 1.807) is 6.20 Å². The van der Waals surface area contributed by atoms with Gasteiger partial charge < -0.3 is 25.2 Å². The molecule has 3 N–H and O–H groups in total. The fraction of sp³-hybridized carbons (Fsp3) is 0.385. The van der Waals surface area contributed by atoms with Gasteiger partial charge in [-0.1, -0.05) is 37.3 Å². The van der Waals surface area contributed by atoms with Gasteiger partial charge in [0.25, 0.3) is 0 Å². The summed E-state index contributed by atoms with van der Waals surface area (Å²) < 4.78 is 2.11. The van der Waals surface area contributed by atoms with Gasteiger partial charge in [-0.25, -0.2) is 4.98 Å². The summed E-state index contributed by atoms with van der Waals surface area (Å²) in [4.78, 5) is 19.0. The van der Waals surface area contributed by atoms with Crippen molar-refractivity contribution in [1.82, 2.24) is 14.9 Å². The minimum Gasteiger partial charge on any atom is -0.382 e. The minimum atomic E-state index is -0.706. The van der Waals surface area contributed by atoms with Crippen molar-refractivity contribution in [1.29, 1.82) is 0 Å². The SMILES string of the molecule is CCC(=O)N1c2ccccc2[C@H](Nc2ccc(C(O)c3cnc4n3CCNC4)cc2)C[C@@H]1C.Cl. The Morgan fingerprint density at radius 3 is 2.76 bits per heavy atom. The molecule has 1 unspecified atom stereocenters. The fourth-order valence-electron chi connectivity index (χ4n) is 5.07. The van der Waals surface area contributed by atoms with Crippen LogP contribution in [0.5, 0.6) is 0 Å². The molecular formula is C26H32ClN5O2. The highest BCUT2D eigenvalue weighted by atomic mass is 35.5. The van der Waals surface area contributed by atoms with Crippen LogP contribution in [0, 0.1) is 0 Å². The molecule has 8 heteroatoms. The molecule has 1 aromatic heterocycles. The molecule has 1 amide bonds. The Hall–Kier alpha value is -2.87. The van der Waals surface area contributed by atoms with Crippen molar-refractivity contribution in [3.63, 3.8) is 0 Å². The average Bonchev–Trinajstić information content (AvgIpc) is 3.28. The summed E-state index contributed by atoms with van der Waals surface area (Å²) in [6, 6.07) is 16.4. The lowest BCUT2D eigenvalue weighted by Crippen LogP contribution is -2.44. The summed E-state index contributed by atoms with van der Waals surface area (Å²) in [7, 11) is 0. The number of para-hydroxylation sites is 1. The summed E-state index contributed by atoms with van der Waals surface area (Å²) in [6.45, 7) is 6.46. The number of aliphatic hydroxyl groups is 1. The Labute approximate surface area is 206 Å². The number of anilines is 2. The highest BCUT2D eigenvalue weighted by Gasteiger charge is 2.32. The molecule has 0 spiro atoms. The summed E-state index contributed by atoms with van der Waals surface area (Å²) in [5, 5.41) is 17.9. The first-order valence-corrected chi connectivity index (χ1v) is 11.8. The third-order valence-electron chi connectivity index (χ3n) is 6.77. The first-order valence-electron chi connectivity index (χ1n) is 11.8. The maximum atomic E-state index is 12.6. The average molecular weight is 482 g/mol. The van der Waals surface area contributed by atoms with Gasteiger partial charge in [-0.3, -0.25) is 4.79 Å². The number of aromatic nitrogens is 2. The van der Waals surface area contributed by atoms with E-state index in [9.17, 15) is 9.90 Å². The predicted molar refractivity (Wildman–Crippen MR) is 136 cm³/mol. The van der Waals surface area contributed by atoms with E-state index >= 15 is 0 Å². The molecule has 3 heterocycles. The van der Waals surface area contributed by atoms with E-state index in [1.807, 2.05) is 54.3 Å². The molecule has 5 rings (SSSR count). The van der Waals surface area contributed by atoms with Crippen molar-refractivity contribution >= 4 is 29.7 Å². The van der Waals surface area contributed by atoms with Gasteiger partial charge in [0.15, 0.2) is 0 Å². The van der Waals surface area contributed by atoms with Crippen molar-refractivity contribution in [3.8, 4) is 0 Å². The van der Waals surface area contributed by atoms with Crippen LogP contribution in [0.3, 0.4) is 0 Å². The standard InChI is InChI=1S/C26H31N5O2.ClH/c1-3-25(32)31-17(2)14-21(20-6-4-5-7-22(20)31)29-19-10-8-18(9-11-19)26(33)23-15-28-24-16-27-12-13-30(23)24;/h4-11,15,17,21,26-27,29,33H,3,12-14,16H2,1-2H3;1H/t17-,21+,26?;/m0./s1. The van der Waals surface area contributed by atoms with Crippen molar-refractivity contribution in [3.05, 3.63) is 77.4 Å². The lowest BCUT2D eigenvalue weighted by atomic mass is 9.91. The second kappa shape index (κ2) is 10.2. The monoisotopic (exact) mass is 481 g/mol. The summed E-state index contributed by atoms with van der Waals surface area (Å²) in [5.41, 5.74) is 4.81. The lowest BCUT2D eigenvalue weighted by Gasteiger charge is -2.40. The fourth-order valence-corrected chi connectivity index (χ4v) is 5.07. The number of imidazole rings is 1. The van der Waals surface area contributed by atoms with Crippen molar-refractivity contribution in [2.45, 2.75) is 58.0 Å². The van der Waals surface area contributed by atoms with E-state index in [-0.39, 0.29) is 30.4 Å². The van der Waals surface area contributed by atoms with Crippen LogP contribution in [0.15, 0.2) is 54.7 Å². The first kappa shape index (κ1) is 24.3. The number of hydrogen-bond acceptors (Lipinski definition) is 5. The number of carbonyl (C=O) groups is 1. The summed E-state index contributed by atoms with van der Waals surface area (Å²) in [6.07, 6.45) is 2.41. The molecule has 34 heavy (non-hydrogen) atoms. The zero-order chi connectivity index (χ0) is 22.9. The molecule has 0 fully saturated rings. The third kappa shape index (κ3) is 4.43. The third-order valence-corrected chi connectivity index (χ3v) is 6.77. The van der Waals surface area contributed by atoms with E-state index in [0.29, 0.717) is 6.42 Å². The van der Waals surface area contributed by atoms with Crippen LogP contribution < -0.4 is 15.5 Å². The van der Waals surface area contributed by atoms with E-state index in [4.69, 9.17) is 0 Å². The number of aliphatic hydroxyl groups excluding tert-OH is 1. The van der Waals surface area contributed by atoms with Gasteiger partial charge in [-0.05, 0) is 42.7 Å². The Bertz CT molecular complexity index is 1150. The molecule has 2 aliphatic rings. The number of fused-ring (bicyclic) bond motifs is 2. The molecule has 0 saturated carbocycles. The molecule has 2 aliphatic heterocycles. The molecular weight excluding hydrogens is 450 g/mol. The molecule has 0 aliphatic carbocycles. The molecule has 0 saturated heterocycles. The molecule has 3 atom stereocenters. The highest BCUT2D eigenvalue weighted by molar-refractivity contribution is 5.95. The molecule has 180 valence electrons. The predicted octanol–water partition coefficient (Wildman–Crippen LogP) is 4.18. The Balaban J connectivity index is 0.00000274. The van der Waals surface area contributed by atoms with Gasteiger partial charge in [-0.15, -0.1) is 12.4 Å². The number of amides is 1. The van der Waals surface area contributed by atoms with E-state index < -0.39 is 6.10 Å². The van der Waals surface area contributed by atoms with Crippen LogP contribution in [0.2, 0.25) is 0 Å². The number of hydrogen-bond donors (Lipinski definition) is 3. The Kier molecular flexibility index (Phi) is 7.26. The van der Waals surface area contributed by atoms with Crippen molar-refractivity contribution in [2.75, 3.05) is 16.8 Å². The van der Waals surface area contributed by atoms with Gasteiger partial charge in [0.2, 0.25) is 5.91 Å². The van der Waals surface area contributed by atoms with Gasteiger partial charge in [0.1, 0.15) is 11.9 Å². The van der Waals surface area contributed by atoms with Gasteiger partial charge >= 0.3 is 0 Å². The smallest absolute Gasteiger partial charge is 0.226 e. The number of rotatable bonds is 5. The molecule has 3 aromatic rings. The number of benzene rings is 2. The largest absolute Gasteiger partial charge is 0.382 e. The number of halogens is 1. The normalized spacial score (nSPS) is 20.0. The highest BCUT2D eigenvalue weighted by Crippen LogP contribution is 2.39. The Morgan fingerprint density at radius 1 is 1.24 bits per heavy atom. The maximum absolute atomic E-state index is 12.6. The minimum absolute atomic E-state index is 0. The maximum Gasteiger partial charge on any atom is 0.226 e. The van der Waals surface area contributed by atoms with Crippen LogP contribution in [-0.2, 0) is 17.9 Å². The van der Waals surface area contributed by atoms with Crippen LogP contribution in [0.1, 0.15) is 61.5 Å². The van der Waals surface area contributed by atoms with Crippen molar-refractivity contribution < 1.29 is 9.90 Å². The van der Waals surface area contributed by atoms with Crippen LogP contribution >= 0.6 is 12.4 Å². The zero-order valence-corrected chi connectivity index (χ0v) is 20.4. The number of carbonyl (C=O) groups excluding carboxylic acids is 1. The summed E-state index contributed by atoms with van der Waals surface area (Å²) >= 11 is 0. The topological polar surface area (TPSA) is 82.4 Å². The van der Waals surface area contributed by atoms with Gasteiger partial charge in [0, 0.05) is 36.9 Å². The van der Waals surface area contributed by atoms with Crippen LogP contribution in [0.4, 0.5) is 11.4 Å². The van der Waals surface area contributed by atoms with Gasteiger partial charge in [-0.2, -0.15) is 0 Å². The quantitative estimate of drug-likeness (QED) is 0.509. The number of nitrogens with zero attached hydrogens (tertiary/aromatic N) is 3. The van der Waals surface area contributed by atoms with Crippen LogP contribution in [0.25, 0.3) is 0 Å². The van der Waals surface area contributed by atoms with Crippen LogP contribution in [-0.4, -0.2) is 33.2 Å². The molecule has 7 nitrogen and oxygen atoms in total. The van der Waals surface area contributed by atoms with E-state index in [1.165, 1.54) is 0 Å². The second-order valence-electron chi connectivity index (χ2n) is 8.91. The summed E-state index contributed by atoms with van der Waals surface area (Å²) in [5.74, 6) is 1.12. The first-order chi connectivity index (χ1) is 16.1. The molecule has 0 radical (unpaired) electrons. The van der Waals surface area contributed by atoms with Gasteiger partial charge in [0.05, 0.1) is 24.5 Å². The molecule has 0 bridgehead atoms. The second-order valence-corrected chi connectivity index (χ2v) is 8.91. The van der Waals surface area contributed by atoms with E-state index in [0.717, 1.165) is 60.1 Å². The lowest BCUT2D eigenvalue weighted by molar-refractivity contribution is -0.118. The van der Waals surface area contributed by atoms with E-state index in [2.05, 4.69) is 33.2 Å². The Morgan fingerprint density at radius 2 is 2.00 bits per heavy atom. The number of nitrogens with one attached hydrogen (secondary N) is 2. The van der Waals surface area contributed by atoms with Crippen molar-refractivity contribution in [2.24, 2.45) is 0 Å². The molecule has 2 aromatic carbocycles.